The molecule has 1 saturated heterocycles. The van der Waals surface area contributed by atoms with E-state index in [1.165, 1.54) is 37.8 Å². The number of carbonyl (C=O) groups excluding carboxylic acids is 1. The van der Waals surface area contributed by atoms with Crippen LogP contribution in [-0.4, -0.2) is 59.7 Å². The van der Waals surface area contributed by atoms with Crippen LogP contribution in [0.4, 0.5) is 5.69 Å². The van der Waals surface area contributed by atoms with Crippen LogP contribution in [0.3, 0.4) is 0 Å². The van der Waals surface area contributed by atoms with Crippen LogP contribution in [0.1, 0.15) is 31.7 Å². The quantitative estimate of drug-likeness (QED) is 0.542. The van der Waals surface area contributed by atoms with Crippen molar-refractivity contribution in [1.29, 1.82) is 0 Å². The van der Waals surface area contributed by atoms with E-state index in [4.69, 9.17) is 18.9 Å². The van der Waals surface area contributed by atoms with Gasteiger partial charge in [0.2, 0.25) is 21.7 Å². The van der Waals surface area contributed by atoms with Gasteiger partial charge >= 0.3 is 0 Å². The van der Waals surface area contributed by atoms with E-state index in [2.05, 4.69) is 5.32 Å². The molecule has 1 amide bonds. The summed E-state index contributed by atoms with van der Waals surface area (Å²) in [5.74, 6) is 1.37. The lowest BCUT2D eigenvalue weighted by molar-refractivity contribution is -0.115. The molecular formula is C24H32N2O7S. The molecule has 9 nitrogen and oxygen atoms in total. The molecular weight excluding hydrogens is 460 g/mol. The molecule has 0 spiro atoms. The number of methoxy groups -OCH3 is 3. The van der Waals surface area contributed by atoms with E-state index >= 15 is 0 Å². The Bertz CT molecular complexity index is 1090. The van der Waals surface area contributed by atoms with E-state index in [1.807, 2.05) is 6.92 Å². The van der Waals surface area contributed by atoms with Crippen LogP contribution >= 0.6 is 0 Å². The van der Waals surface area contributed by atoms with Crippen LogP contribution in [0.15, 0.2) is 35.2 Å². The first-order chi connectivity index (χ1) is 16.3. The molecule has 0 aliphatic carbocycles. The summed E-state index contributed by atoms with van der Waals surface area (Å²) in [5.41, 5.74) is 0.944. The lowest BCUT2D eigenvalue weighted by atomic mass is 10.1. The first-order valence-electron chi connectivity index (χ1n) is 11.2. The number of carbonyl (C=O) groups is 1. The van der Waals surface area contributed by atoms with E-state index in [9.17, 15) is 13.2 Å². The van der Waals surface area contributed by atoms with E-state index < -0.39 is 10.0 Å². The molecule has 2 aromatic carbocycles. The number of benzene rings is 2. The number of amides is 1. The second-order valence-corrected chi connectivity index (χ2v) is 9.75. The minimum absolute atomic E-state index is 0.00534. The number of anilines is 1. The van der Waals surface area contributed by atoms with Crippen molar-refractivity contribution in [3.63, 3.8) is 0 Å². The van der Waals surface area contributed by atoms with Gasteiger partial charge in [-0.1, -0.05) is 6.42 Å². The minimum Gasteiger partial charge on any atom is -0.493 e. The maximum absolute atomic E-state index is 13.1. The maximum atomic E-state index is 13.1. The van der Waals surface area contributed by atoms with Crippen LogP contribution < -0.4 is 24.3 Å². The Morgan fingerprint density at radius 3 is 2.15 bits per heavy atom. The van der Waals surface area contributed by atoms with Crippen molar-refractivity contribution < 1.29 is 32.2 Å². The van der Waals surface area contributed by atoms with E-state index in [-0.39, 0.29) is 17.2 Å². The summed E-state index contributed by atoms with van der Waals surface area (Å²) >= 11 is 0. The molecule has 2 aromatic rings. The molecule has 0 bridgehead atoms. The molecule has 3 rings (SSSR count). The monoisotopic (exact) mass is 492 g/mol. The number of nitrogens with one attached hydrogen (secondary N) is 1. The van der Waals surface area contributed by atoms with E-state index in [1.54, 1.807) is 18.2 Å². The normalized spacial score (nSPS) is 14.4. The second-order valence-electron chi connectivity index (χ2n) is 7.81. The van der Waals surface area contributed by atoms with Crippen molar-refractivity contribution in [3.8, 4) is 23.0 Å². The fourth-order valence-corrected chi connectivity index (χ4v) is 5.46. The Hall–Kier alpha value is -2.98. The zero-order valence-electron chi connectivity index (χ0n) is 20.0. The lowest BCUT2D eigenvalue weighted by Gasteiger charge is -2.26. The van der Waals surface area contributed by atoms with Gasteiger partial charge in [-0.05, 0) is 55.7 Å². The third-order valence-corrected chi connectivity index (χ3v) is 7.46. The fourth-order valence-electron chi connectivity index (χ4n) is 3.92. The molecule has 1 heterocycles. The molecule has 1 aliphatic heterocycles. The van der Waals surface area contributed by atoms with Crippen LogP contribution in [0.5, 0.6) is 23.0 Å². The average Bonchev–Trinajstić information content (AvgIpc) is 2.84. The number of sulfonamides is 1. The van der Waals surface area contributed by atoms with Crippen LogP contribution in [0, 0.1) is 0 Å². The molecule has 0 radical (unpaired) electrons. The topological polar surface area (TPSA) is 103 Å². The van der Waals surface area contributed by atoms with Gasteiger partial charge in [-0.3, -0.25) is 4.79 Å². The van der Waals surface area contributed by atoms with Crippen LogP contribution in [0.25, 0.3) is 0 Å². The van der Waals surface area contributed by atoms with Gasteiger partial charge < -0.3 is 24.3 Å². The molecule has 1 fully saturated rings. The highest BCUT2D eigenvalue weighted by molar-refractivity contribution is 7.89. The number of rotatable bonds is 10. The predicted octanol–water partition coefficient (Wildman–Crippen LogP) is 3.47. The first-order valence-corrected chi connectivity index (χ1v) is 12.6. The lowest BCUT2D eigenvalue weighted by Crippen LogP contribution is -2.35. The van der Waals surface area contributed by atoms with Gasteiger partial charge in [0.05, 0.1) is 44.9 Å². The Labute approximate surface area is 201 Å². The largest absolute Gasteiger partial charge is 0.493 e. The Morgan fingerprint density at radius 1 is 0.941 bits per heavy atom. The van der Waals surface area contributed by atoms with Crippen molar-refractivity contribution in [2.45, 2.75) is 37.5 Å². The van der Waals surface area contributed by atoms with Gasteiger partial charge in [0, 0.05) is 13.1 Å². The zero-order chi connectivity index (χ0) is 24.7. The zero-order valence-corrected chi connectivity index (χ0v) is 20.9. The Kier molecular flexibility index (Phi) is 8.62. The SMILES string of the molecule is CCOc1ccc(S(=O)(=O)N2CCCCC2)cc1NC(=O)Cc1cc(OC)c(OC)c(OC)c1. The molecule has 0 unspecified atom stereocenters. The highest BCUT2D eigenvalue weighted by Crippen LogP contribution is 2.38. The summed E-state index contributed by atoms with van der Waals surface area (Å²) in [4.78, 5) is 13.0. The summed E-state index contributed by atoms with van der Waals surface area (Å²) in [6.07, 6.45) is 2.71. The van der Waals surface area contributed by atoms with E-state index in [0.717, 1.165) is 19.3 Å². The minimum atomic E-state index is -3.66. The summed E-state index contributed by atoms with van der Waals surface area (Å²) in [5, 5.41) is 2.80. The number of piperidine rings is 1. The van der Waals surface area contributed by atoms with Gasteiger partial charge in [0.15, 0.2) is 11.5 Å². The van der Waals surface area contributed by atoms with Gasteiger partial charge in [-0.15, -0.1) is 0 Å². The van der Waals surface area contributed by atoms with Crippen LogP contribution in [-0.2, 0) is 21.2 Å². The third-order valence-electron chi connectivity index (χ3n) is 5.57. The Morgan fingerprint density at radius 2 is 1.59 bits per heavy atom. The summed E-state index contributed by atoms with van der Waals surface area (Å²) < 4.78 is 49.4. The van der Waals surface area contributed by atoms with E-state index in [0.29, 0.717) is 53.9 Å². The number of hydrogen-bond donors (Lipinski definition) is 1. The first kappa shape index (κ1) is 25.6. The summed E-state index contributed by atoms with van der Waals surface area (Å²) in [6.45, 7) is 3.19. The molecule has 0 atom stereocenters. The van der Waals surface area contributed by atoms with Crippen molar-refractivity contribution in [2.24, 2.45) is 0 Å². The molecule has 186 valence electrons. The second kappa shape index (κ2) is 11.4. The average molecular weight is 493 g/mol. The number of hydrogen-bond acceptors (Lipinski definition) is 7. The molecule has 34 heavy (non-hydrogen) atoms. The molecule has 1 N–H and O–H groups in total. The third kappa shape index (κ3) is 5.74. The van der Waals surface area contributed by atoms with Crippen molar-refractivity contribution in [3.05, 3.63) is 35.9 Å². The summed E-state index contributed by atoms with van der Waals surface area (Å²) in [7, 11) is 0.857. The van der Waals surface area contributed by atoms with Crippen molar-refractivity contribution in [1.82, 2.24) is 4.31 Å². The van der Waals surface area contributed by atoms with Gasteiger partial charge in [0.1, 0.15) is 5.75 Å². The molecule has 1 aliphatic rings. The van der Waals surface area contributed by atoms with Gasteiger partial charge in [-0.25, -0.2) is 8.42 Å². The summed E-state index contributed by atoms with van der Waals surface area (Å²) in [6, 6.07) is 7.95. The van der Waals surface area contributed by atoms with Crippen molar-refractivity contribution in [2.75, 3.05) is 46.3 Å². The van der Waals surface area contributed by atoms with Gasteiger partial charge in [-0.2, -0.15) is 4.31 Å². The fraction of sp³-hybridized carbons (Fsp3) is 0.458. The molecule has 0 aromatic heterocycles. The highest BCUT2D eigenvalue weighted by Gasteiger charge is 2.27. The highest BCUT2D eigenvalue weighted by atomic mass is 32.2. The Balaban J connectivity index is 1.86. The predicted molar refractivity (Wildman–Crippen MR) is 129 cm³/mol. The smallest absolute Gasteiger partial charge is 0.243 e. The van der Waals surface area contributed by atoms with Crippen molar-refractivity contribution >= 4 is 21.6 Å². The number of ether oxygens (including phenoxy) is 4. The molecule has 0 saturated carbocycles. The van der Waals surface area contributed by atoms with Gasteiger partial charge in [0.25, 0.3) is 0 Å². The van der Waals surface area contributed by atoms with Crippen LogP contribution in [0.2, 0.25) is 0 Å². The maximum Gasteiger partial charge on any atom is 0.243 e. The standard InChI is InChI=1S/C24H32N2O7S/c1-5-33-20-10-9-18(34(28,29)26-11-7-6-8-12-26)16-19(20)25-23(27)15-17-13-21(30-2)24(32-4)22(14-17)31-3/h9-10,13-14,16H,5-8,11-12,15H2,1-4H3,(H,25,27). The number of nitrogens with zero attached hydrogens (tertiary/aromatic N) is 1. The molecule has 10 heteroatoms.